The van der Waals surface area contributed by atoms with Gasteiger partial charge in [0.1, 0.15) is 0 Å². The molecular weight excluding hydrogens is 493 g/mol. The van der Waals surface area contributed by atoms with Gasteiger partial charge in [-0.3, -0.25) is 9.59 Å². The highest BCUT2D eigenvalue weighted by atomic mass is 79.9. The lowest BCUT2D eigenvalue weighted by Gasteiger charge is -2.18. The summed E-state index contributed by atoms with van der Waals surface area (Å²) in [5.41, 5.74) is 2.46. The topological polar surface area (TPSA) is 73.2 Å². The summed E-state index contributed by atoms with van der Waals surface area (Å²) in [6, 6.07) is 11.9. The SMILES string of the molecule is COC(=O)CC(NC(=O)c1cnn(-c2ccc(Cl)c(Cl)c2)c1C)c1cccc(Br)c1. The number of aromatic nitrogens is 2. The summed E-state index contributed by atoms with van der Waals surface area (Å²) in [7, 11) is 1.31. The number of hydrogen-bond donors (Lipinski definition) is 1. The van der Waals surface area contributed by atoms with Crippen molar-refractivity contribution in [2.45, 2.75) is 19.4 Å². The monoisotopic (exact) mass is 509 g/mol. The van der Waals surface area contributed by atoms with Gasteiger partial charge in [0.05, 0.1) is 52.8 Å². The number of halogens is 3. The molecule has 1 heterocycles. The maximum Gasteiger partial charge on any atom is 0.307 e. The summed E-state index contributed by atoms with van der Waals surface area (Å²) < 4.78 is 7.23. The third-order valence-corrected chi connectivity index (χ3v) is 5.79. The molecular formula is C21H18BrCl2N3O3. The zero-order valence-corrected chi connectivity index (χ0v) is 19.3. The highest BCUT2D eigenvalue weighted by molar-refractivity contribution is 9.10. The van der Waals surface area contributed by atoms with Crippen molar-refractivity contribution in [2.75, 3.05) is 7.11 Å². The van der Waals surface area contributed by atoms with Crippen LogP contribution in [0.1, 0.15) is 34.1 Å². The number of carbonyl (C=O) groups is 2. The zero-order chi connectivity index (χ0) is 21.8. The molecule has 0 aliphatic rings. The molecule has 156 valence electrons. The van der Waals surface area contributed by atoms with E-state index in [9.17, 15) is 9.59 Å². The van der Waals surface area contributed by atoms with Crippen molar-refractivity contribution in [3.63, 3.8) is 0 Å². The normalized spacial score (nSPS) is 11.8. The lowest BCUT2D eigenvalue weighted by atomic mass is 10.0. The number of hydrogen-bond acceptors (Lipinski definition) is 4. The number of methoxy groups -OCH3 is 1. The average Bonchev–Trinajstić information content (AvgIpc) is 3.10. The number of benzene rings is 2. The number of amides is 1. The Hall–Kier alpha value is -2.35. The van der Waals surface area contributed by atoms with E-state index >= 15 is 0 Å². The van der Waals surface area contributed by atoms with Crippen molar-refractivity contribution < 1.29 is 14.3 Å². The van der Waals surface area contributed by atoms with Crippen LogP contribution in [0.15, 0.2) is 53.1 Å². The van der Waals surface area contributed by atoms with E-state index in [0.29, 0.717) is 27.0 Å². The lowest BCUT2D eigenvalue weighted by Crippen LogP contribution is -2.30. The molecule has 0 fully saturated rings. The predicted octanol–water partition coefficient (Wildman–Crippen LogP) is 5.28. The lowest BCUT2D eigenvalue weighted by molar-refractivity contribution is -0.141. The molecule has 1 amide bonds. The van der Waals surface area contributed by atoms with Crippen LogP contribution in [0.25, 0.3) is 5.69 Å². The molecule has 30 heavy (non-hydrogen) atoms. The van der Waals surface area contributed by atoms with E-state index < -0.39 is 12.0 Å². The number of nitrogens with zero attached hydrogens (tertiary/aromatic N) is 2. The van der Waals surface area contributed by atoms with Crippen LogP contribution in [-0.2, 0) is 9.53 Å². The number of rotatable bonds is 6. The van der Waals surface area contributed by atoms with E-state index in [1.54, 1.807) is 29.8 Å². The molecule has 1 N–H and O–H groups in total. The molecule has 1 unspecified atom stereocenters. The van der Waals surface area contributed by atoms with Crippen LogP contribution in [-0.4, -0.2) is 28.8 Å². The van der Waals surface area contributed by atoms with Gasteiger partial charge in [0.15, 0.2) is 0 Å². The Balaban J connectivity index is 1.88. The zero-order valence-electron chi connectivity index (χ0n) is 16.2. The van der Waals surface area contributed by atoms with Gasteiger partial charge in [0.25, 0.3) is 5.91 Å². The molecule has 0 spiro atoms. The highest BCUT2D eigenvalue weighted by Crippen LogP contribution is 2.26. The van der Waals surface area contributed by atoms with Crippen molar-refractivity contribution in [3.05, 3.63) is 80.0 Å². The Labute approximate surface area is 192 Å². The molecule has 0 aliphatic heterocycles. The van der Waals surface area contributed by atoms with Gasteiger partial charge in [-0.25, -0.2) is 4.68 Å². The standard InChI is InChI=1S/C21H18BrCl2N3O3/c1-12-16(11-25-27(12)15-6-7-17(23)18(24)9-15)21(29)26-19(10-20(28)30-2)13-4-3-5-14(22)8-13/h3-9,11,19H,10H2,1-2H3,(H,26,29). The first-order valence-corrected chi connectivity index (χ1v) is 10.5. The summed E-state index contributed by atoms with van der Waals surface area (Å²) in [6.45, 7) is 1.78. The Morgan fingerprint density at radius 1 is 1.20 bits per heavy atom. The molecule has 0 radical (unpaired) electrons. The van der Waals surface area contributed by atoms with Crippen molar-refractivity contribution in [3.8, 4) is 5.69 Å². The van der Waals surface area contributed by atoms with Gasteiger partial charge in [-0.05, 0) is 42.8 Å². The average molecular weight is 511 g/mol. The molecule has 9 heteroatoms. The van der Waals surface area contributed by atoms with Crippen LogP contribution < -0.4 is 5.32 Å². The summed E-state index contributed by atoms with van der Waals surface area (Å²) in [5.74, 6) is -0.781. The van der Waals surface area contributed by atoms with E-state index in [1.165, 1.54) is 13.3 Å². The van der Waals surface area contributed by atoms with E-state index in [0.717, 1.165) is 10.0 Å². The molecule has 0 aliphatic carbocycles. The van der Waals surface area contributed by atoms with E-state index in [-0.39, 0.29) is 12.3 Å². The number of esters is 1. The second kappa shape index (κ2) is 9.64. The third-order valence-electron chi connectivity index (χ3n) is 4.56. The number of carbonyl (C=O) groups excluding carboxylic acids is 2. The minimum Gasteiger partial charge on any atom is -0.469 e. The second-order valence-electron chi connectivity index (χ2n) is 6.52. The fraction of sp³-hybridized carbons (Fsp3) is 0.190. The van der Waals surface area contributed by atoms with E-state index in [4.69, 9.17) is 27.9 Å². The Bertz CT molecular complexity index is 1100. The smallest absolute Gasteiger partial charge is 0.307 e. The first kappa shape index (κ1) is 22.3. The molecule has 3 aromatic rings. The first-order valence-electron chi connectivity index (χ1n) is 8.93. The Morgan fingerprint density at radius 2 is 1.97 bits per heavy atom. The van der Waals surface area contributed by atoms with Crippen molar-refractivity contribution in [1.82, 2.24) is 15.1 Å². The van der Waals surface area contributed by atoms with Gasteiger partial charge in [-0.2, -0.15) is 5.10 Å². The van der Waals surface area contributed by atoms with Crippen LogP contribution in [0.2, 0.25) is 10.0 Å². The summed E-state index contributed by atoms with van der Waals surface area (Å²) >= 11 is 15.5. The minimum atomic E-state index is -0.560. The molecule has 0 saturated heterocycles. The van der Waals surface area contributed by atoms with Crippen molar-refractivity contribution in [2.24, 2.45) is 0 Å². The van der Waals surface area contributed by atoms with Gasteiger partial charge in [0.2, 0.25) is 0 Å². The fourth-order valence-electron chi connectivity index (χ4n) is 2.97. The molecule has 1 aromatic heterocycles. The van der Waals surface area contributed by atoms with E-state index in [1.807, 2.05) is 24.3 Å². The van der Waals surface area contributed by atoms with E-state index in [2.05, 4.69) is 26.3 Å². The Morgan fingerprint density at radius 3 is 2.63 bits per heavy atom. The van der Waals surface area contributed by atoms with Gasteiger partial charge >= 0.3 is 5.97 Å². The van der Waals surface area contributed by atoms with Gasteiger partial charge in [-0.1, -0.05) is 51.3 Å². The van der Waals surface area contributed by atoms with Gasteiger partial charge in [-0.15, -0.1) is 0 Å². The van der Waals surface area contributed by atoms with Crippen molar-refractivity contribution in [1.29, 1.82) is 0 Å². The highest BCUT2D eigenvalue weighted by Gasteiger charge is 2.23. The van der Waals surface area contributed by atoms with Crippen LogP contribution in [0, 0.1) is 6.92 Å². The molecule has 3 rings (SSSR count). The largest absolute Gasteiger partial charge is 0.469 e. The number of nitrogens with one attached hydrogen (secondary N) is 1. The van der Waals surface area contributed by atoms with Crippen LogP contribution >= 0.6 is 39.1 Å². The number of ether oxygens (including phenoxy) is 1. The molecule has 0 bridgehead atoms. The third kappa shape index (κ3) is 5.03. The van der Waals surface area contributed by atoms with Crippen molar-refractivity contribution >= 4 is 51.0 Å². The van der Waals surface area contributed by atoms with Crippen LogP contribution in [0.5, 0.6) is 0 Å². The second-order valence-corrected chi connectivity index (χ2v) is 8.25. The van der Waals surface area contributed by atoms with Crippen LogP contribution in [0.3, 0.4) is 0 Å². The van der Waals surface area contributed by atoms with Gasteiger partial charge in [0, 0.05) is 4.47 Å². The Kier molecular flexibility index (Phi) is 7.18. The van der Waals surface area contributed by atoms with Crippen LogP contribution in [0.4, 0.5) is 0 Å². The summed E-state index contributed by atoms with van der Waals surface area (Å²) in [6.07, 6.45) is 1.47. The minimum absolute atomic E-state index is 0.00132. The molecule has 0 saturated carbocycles. The quantitative estimate of drug-likeness (QED) is 0.457. The molecule has 6 nitrogen and oxygen atoms in total. The predicted molar refractivity (Wildman–Crippen MR) is 119 cm³/mol. The molecule has 1 atom stereocenters. The fourth-order valence-corrected chi connectivity index (χ4v) is 3.68. The van der Waals surface area contributed by atoms with Gasteiger partial charge < -0.3 is 10.1 Å². The summed E-state index contributed by atoms with van der Waals surface area (Å²) in [5, 5.41) is 8.04. The maximum atomic E-state index is 13.0. The first-order chi connectivity index (χ1) is 14.3. The maximum absolute atomic E-state index is 13.0. The molecule has 2 aromatic carbocycles. The summed E-state index contributed by atoms with van der Waals surface area (Å²) in [4.78, 5) is 24.9.